The van der Waals surface area contributed by atoms with E-state index >= 15 is 0 Å². The van der Waals surface area contributed by atoms with Gasteiger partial charge in [-0.15, -0.1) is 0 Å². The standard InChI is InChI=1S/C30H34N4O2/c1-23(35)33-17-15-27-13-14-28(34(27)20-25-10-7-16-31-19-25)22-32(21-26-11-5-6-12-29(26)33)30(36)18-24-8-3-2-4-9-24/h2-12,16,19,27-28H,13-15,17-18,20-22H2,1H3. The van der Waals surface area contributed by atoms with E-state index in [0.717, 1.165) is 42.6 Å². The lowest BCUT2D eigenvalue weighted by molar-refractivity contribution is -0.132. The van der Waals surface area contributed by atoms with E-state index in [4.69, 9.17) is 0 Å². The molecule has 0 N–H and O–H groups in total. The van der Waals surface area contributed by atoms with Crippen LogP contribution in [0.5, 0.6) is 0 Å². The van der Waals surface area contributed by atoms with Crippen molar-refractivity contribution in [2.75, 3.05) is 18.0 Å². The van der Waals surface area contributed by atoms with Crippen LogP contribution in [0.3, 0.4) is 0 Å². The van der Waals surface area contributed by atoms with Gasteiger partial charge in [0.05, 0.1) is 6.42 Å². The van der Waals surface area contributed by atoms with Crippen LogP contribution < -0.4 is 4.90 Å². The van der Waals surface area contributed by atoms with Crippen molar-refractivity contribution in [3.63, 3.8) is 0 Å². The molecule has 0 radical (unpaired) electrons. The second-order valence-electron chi connectivity index (χ2n) is 9.94. The van der Waals surface area contributed by atoms with Crippen LogP contribution in [0, 0.1) is 0 Å². The van der Waals surface area contributed by atoms with Crippen LogP contribution in [0.4, 0.5) is 5.69 Å². The molecule has 5 rings (SSSR count). The maximum atomic E-state index is 13.7. The first-order valence-corrected chi connectivity index (χ1v) is 12.9. The zero-order valence-corrected chi connectivity index (χ0v) is 20.9. The average Bonchev–Trinajstić information content (AvgIpc) is 3.25. The first-order chi connectivity index (χ1) is 17.6. The highest BCUT2D eigenvalue weighted by molar-refractivity contribution is 5.92. The molecule has 6 heteroatoms. The van der Waals surface area contributed by atoms with Crippen molar-refractivity contribution in [1.29, 1.82) is 0 Å². The molecule has 2 unspecified atom stereocenters. The van der Waals surface area contributed by atoms with Crippen LogP contribution in [0.15, 0.2) is 79.1 Å². The van der Waals surface area contributed by atoms with Crippen molar-refractivity contribution in [2.45, 2.75) is 57.8 Å². The van der Waals surface area contributed by atoms with Crippen LogP contribution in [0.1, 0.15) is 42.9 Å². The minimum atomic E-state index is 0.0391. The highest BCUT2D eigenvalue weighted by Gasteiger charge is 2.36. The van der Waals surface area contributed by atoms with Gasteiger partial charge in [-0.25, -0.2) is 0 Å². The fourth-order valence-corrected chi connectivity index (χ4v) is 5.71. The van der Waals surface area contributed by atoms with Gasteiger partial charge in [0, 0.05) is 63.3 Å². The Hall–Kier alpha value is -3.51. The molecular formula is C30H34N4O2. The summed E-state index contributed by atoms with van der Waals surface area (Å²) in [5.74, 6) is 0.159. The summed E-state index contributed by atoms with van der Waals surface area (Å²) in [6, 6.07) is 22.7. The lowest BCUT2D eigenvalue weighted by Crippen LogP contribution is -2.45. The van der Waals surface area contributed by atoms with Crippen molar-refractivity contribution in [3.05, 3.63) is 95.8 Å². The third-order valence-corrected chi connectivity index (χ3v) is 7.55. The zero-order chi connectivity index (χ0) is 24.9. The molecule has 0 saturated carbocycles. The molecule has 1 saturated heterocycles. The summed E-state index contributed by atoms with van der Waals surface area (Å²) in [5, 5.41) is 0. The van der Waals surface area contributed by atoms with E-state index in [9.17, 15) is 9.59 Å². The molecule has 0 spiro atoms. The number of hydrogen-bond donors (Lipinski definition) is 0. The van der Waals surface area contributed by atoms with Crippen molar-refractivity contribution < 1.29 is 9.59 Å². The minimum Gasteiger partial charge on any atom is -0.336 e. The summed E-state index contributed by atoms with van der Waals surface area (Å²) in [6.07, 6.45) is 7.12. The van der Waals surface area contributed by atoms with Gasteiger partial charge in [-0.05, 0) is 48.1 Å². The Kier molecular flexibility index (Phi) is 7.42. The lowest BCUT2D eigenvalue weighted by Gasteiger charge is -2.34. The number of amides is 2. The molecule has 0 aliphatic carbocycles. The Morgan fingerprint density at radius 2 is 1.64 bits per heavy atom. The lowest BCUT2D eigenvalue weighted by atomic mass is 10.1. The van der Waals surface area contributed by atoms with E-state index in [1.807, 2.05) is 70.6 Å². The van der Waals surface area contributed by atoms with Gasteiger partial charge in [0.1, 0.15) is 0 Å². The Labute approximate surface area is 213 Å². The summed E-state index contributed by atoms with van der Waals surface area (Å²) in [5.41, 5.74) is 4.13. The topological polar surface area (TPSA) is 56.8 Å². The molecule has 2 aliphatic heterocycles. The van der Waals surface area contributed by atoms with Gasteiger partial charge >= 0.3 is 0 Å². The molecule has 2 amide bonds. The molecule has 186 valence electrons. The molecule has 3 heterocycles. The number of nitrogens with zero attached hydrogens (tertiary/aromatic N) is 4. The van der Waals surface area contributed by atoms with Crippen molar-refractivity contribution in [3.8, 4) is 0 Å². The van der Waals surface area contributed by atoms with Crippen molar-refractivity contribution in [2.24, 2.45) is 0 Å². The highest BCUT2D eigenvalue weighted by Crippen LogP contribution is 2.32. The number of benzene rings is 2. The molecule has 2 aliphatic rings. The largest absolute Gasteiger partial charge is 0.336 e. The number of aromatic nitrogens is 1. The first-order valence-electron chi connectivity index (χ1n) is 12.9. The number of pyridine rings is 1. The molecule has 3 aromatic rings. The fraction of sp³-hybridized carbons (Fsp3) is 0.367. The number of para-hydroxylation sites is 1. The van der Waals surface area contributed by atoms with Gasteiger partial charge in [-0.2, -0.15) is 0 Å². The summed E-state index contributed by atoms with van der Waals surface area (Å²) in [7, 11) is 0. The number of anilines is 1. The van der Waals surface area contributed by atoms with Crippen LogP contribution in [-0.2, 0) is 29.1 Å². The molecule has 36 heavy (non-hydrogen) atoms. The quantitative estimate of drug-likeness (QED) is 0.552. The fourth-order valence-electron chi connectivity index (χ4n) is 5.71. The van der Waals surface area contributed by atoms with E-state index in [1.54, 1.807) is 13.1 Å². The predicted octanol–water partition coefficient (Wildman–Crippen LogP) is 4.44. The van der Waals surface area contributed by atoms with E-state index in [-0.39, 0.29) is 17.9 Å². The monoisotopic (exact) mass is 482 g/mol. The van der Waals surface area contributed by atoms with E-state index in [2.05, 4.69) is 22.0 Å². The van der Waals surface area contributed by atoms with Gasteiger partial charge in [-0.1, -0.05) is 54.6 Å². The number of carbonyl (C=O) groups is 2. The van der Waals surface area contributed by atoms with Gasteiger partial charge in [0.15, 0.2) is 0 Å². The summed E-state index contributed by atoms with van der Waals surface area (Å²) >= 11 is 0. The van der Waals surface area contributed by atoms with E-state index < -0.39 is 0 Å². The number of fused-ring (bicyclic) bond motifs is 3. The number of carbonyl (C=O) groups excluding carboxylic acids is 2. The third-order valence-electron chi connectivity index (χ3n) is 7.55. The molecule has 1 aromatic heterocycles. The van der Waals surface area contributed by atoms with Crippen molar-refractivity contribution >= 4 is 17.5 Å². The summed E-state index contributed by atoms with van der Waals surface area (Å²) in [4.78, 5) is 37.2. The normalized spacial score (nSPS) is 20.5. The number of rotatable bonds is 4. The highest BCUT2D eigenvalue weighted by atomic mass is 16.2. The maximum absolute atomic E-state index is 13.7. The second kappa shape index (κ2) is 11.0. The molecule has 6 nitrogen and oxygen atoms in total. The van der Waals surface area contributed by atoms with Gasteiger partial charge in [0.25, 0.3) is 0 Å². The van der Waals surface area contributed by atoms with Crippen molar-refractivity contribution in [1.82, 2.24) is 14.8 Å². The zero-order valence-electron chi connectivity index (χ0n) is 20.9. The Balaban J connectivity index is 1.49. The number of hydrogen-bond acceptors (Lipinski definition) is 4. The van der Waals surface area contributed by atoms with Crippen LogP contribution in [-0.4, -0.2) is 51.8 Å². The molecule has 2 aromatic carbocycles. The Morgan fingerprint density at radius 3 is 2.42 bits per heavy atom. The van der Waals surface area contributed by atoms with Crippen LogP contribution in [0.25, 0.3) is 0 Å². The van der Waals surface area contributed by atoms with Gasteiger partial charge in [-0.3, -0.25) is 19.5 Å². The summed E-state index contributed by atoms with van der Waals surface area (Å²) < 4.78 is 0. The Bertz CT molecular complexity index is 1180. The third kappa shape index (κ3) is 5.49. The van der Waals surface area contributed by atoms with E-state index in [1.165, 1.54) is 5.56 Å². The van der Waals surface area contributed by atoms with Crippen LogP contribution >= 0.6 is 0 Å². The van der Waals surface area contributed by atoms with Crippen LogP contribution in [0.2, 0.25) is 0 Å². The molecule has 2 atom stereocenters. The Morgan fingerprint density at radius 1 is 0.889 bits per heavy atom. The van der Waals surface area contributed by atoms with E-state index in [0.29, 0.717) is 32.1 Å². The maximum Gasteiger partial charge on any atom is 0.227 e. The summed E-state index contributed by atoms with van der Waals surface area (Å²) in [6.45, 7) is 4.28. The molecular weight excluding hydrogens is 448 g/mol. The van der Waals surface area contributed by atoms with Gasteiger partial charge in [0.2, 0.25) is 11.8 Å². The van der Waals surface area contributed by atoms with Gasteiger partial charge < -0.3 is 9.80 Å². The smallest absolute Gasteiger partial charge is 0.227 e. The second-order valence-corrected chi connectivity index (χ2v) is 9.94. The predicted molar refractivity (Wildman–Crippen MR) is 141 cm³/mol. The first kappa shape index (κ1) is 24.2. The molecule has 1 fully saturated rings. The SMILES string of the molecule is CC(=O)N1CCC2CCC(CN(C(=O)Cc3ccccc3)Cc3ccccc31)N2Cc1cccnc1. The average molecular weight is 483 g/mol. The minimum absolute atomic E-state index is 0.0391. The molecule has 2 bridgehead atoms.